The smallest absolute Gasteiger partial charge is 0.415 e. The molecule has 2 rings (SSSR count). The molecule has 0 fully saturated rings. The summed E-state index contributed by atoms with van der Waals surface area (Å²) in [7, 11) is 4.74. The third-order valence-electron chi connectivity index (χ3n) is 8.72. The average Bonchev–Trinajstić information content (AvgIpc) is 3.08. The molecule has 0 radical (unpaired) electrons. The Labute approximate surface area is 304 Å². The number of carbonyl (C=O) groups excluding carboxylic acids is 5. The van der Waals surface area contributed by atoms with Gasteiger partial charge in [0.2, 0.25) is 11.8 Å². The van der Waals surface area contributed by atoms with Gasteiger partial charge in [-0.05, 0) is 54.4 Å². The number of benzene rings is 2. The van der Waals surface area contributed by atoms with Gasteiger partial charge in [-0.3, -0.25) is 19.2 Å². The molecule has 0 aromatic heterocycles. The summed E-state index contributed by atoms with van der Waals surface area (Å²) in [6.45, 7) is 14.4. The summed E-state index contributed by atoms with van der Waals surface area (Å²) in [4.78, 5) is 68.7. The zero-order chi connectivity index (χ0) is 38.2. The van der Waals surface area contributed by atoms with E-state index in [0.717, 1.165) is 16.7 Å². The first-order valence-corrected chi connectivity index (χ1v) is 18.0. The van der Waals surface area contributed by atoms with E-state index in [4.69, 9.17) is 9.47 Å². The van der Waals surface area contributed by atoms with E-state index in [1.165, 1.54) is 16.9 Å². The van der Waals surface area contributed by atoms with Gasteiger partial charge in [0.15, 0.2) is 17.3 Å². The molecule has 282 valence electrons. The first-order chi connectivity index (χ1) is 24.0. The molecule has 0 aliphatic rings. The summed E-state index contributed by atoms with van der Waals surface area (Å²) < 4.78 is 11.2. The van der Waals surface area contributed by atoms with Gasteiger partial charge in [-0.15, -0.1) is 0 Å². The van der Waals surface area contributed by atoms with Crippen molar-refractivity contribution in [2.75, 3.05) is 40.8 Å². The lowest BCUT2D eigenvalue weighted by atomic mass is 9.91. The van der Waals surface area contributed by atoms with Crippen LogP contribution in [0.2, 0.25) is 0 Å². The summed E-state index contributed by atoms with van der Waals surface area (Å²) in [6, 6.07) is 12.7. The van der Waals surface area contributed by atoms with Crippen molar-refractivity contribution in [3.05, 3.63) is 59.2 Å². The van der Waals surface area contributed by atoms with E-state index in [2.05, 4.69) is 24.5 Å². The Kier molecular flexibility index (Phi) is 17.8. The molecule has 2 aromatic carbocycles. The fraction of sp³-hybridized carbons (Fsp3) is 0.575. The Bertz CT molecular complexity index is 1460. The maximum Gasteiger partial charge on any atom is 0.415 e. The largest absolute Gasteiger partial charge is 0.493 e. The van der Waals surface area contributed by atoms with Crippen molar-refractivity contribution in [2.24, 2.45) is 11.8 Å². The molecule has 0 saturated carbocycles. The van der Waals surface area contributed by atoms with Crippen LogP contribution in [-0.4, -0.2) is 92.2 Å². The highest BCUT2D eigenvalue weighted by atomic mass is 16.6. The van der Waals surface area contributed by atoms with Crippen LogP contribution in [0.5, 0.6) is 11.5 Å². The molecular weight excluding hydrogens is 648 g/mol. The van der Waals surface area contributed by atoms with Crippen LogP contribution >= 0.6 is 0 Å². The number of methoxy groups -OCH3 is 1. The monoisotopic (exact) mass is 708 g/mol. The highest BCUT2D eigenvalue weighted by molar-refractivity contribution is 5.93. The first-order valence-electron chi connectivity index (χ1n) is 18.0. The van der Waals surface area contributed by atoms with Crippen LogP contribution in [0.15, 0.2) is 42.5 Å². The molecule has 11 nitrogen and oxygen atoms in total. The minimum absolute atomic E-state index is 0.0423. The van der Waals surface area contributed by atoms with Gasteiger partial charge in [-0.1, -0.05) is 77.9 Å². The van der Waals surface area contributed by atoms with Gasteiger partial charge in [-0.25, -0.2) is 4.79 Å². The summed E-state index contributed by atoms with van der Waals surface area (Å²) in [5, 5.41) is 6.05. The molecular formula is C40H60N4O7. The van der Waals surface area contributed by atoms with Crippen molar-refractivity contribution in [3.8, 4) is 11.5 Å². The van der Waals surface area contributed by atoms with Crippen LogP contribution in [0.1, 0.15) is 89.8 Å². The normalized spacial score (nSPS) is 12.4. The van der Waals surface area contributed by atoms with E-state index >= 15 is 0 Å². The Hall–Kier alpha value is -4.25. The molecule has 51 heavy (non-hydrogen) atoms. The summed E-state index contributed by atoms with van der Waals surface area (Å²) in [6.07, 6.45) is 0.148. The lowest BCUT2D eigenvalue weighted by Crippen LogP contribution is -2.46. The second-order valence-corrected chi connectivity index (χ2v) is 14.5. The van der Waals surface area contributed by atoms with Crippen LogP contribution in [0.25, 0.3) is 0 Å². The molecule has 2 N–H and O–H groups in total. The quantitative estimate of drug-likeness (QED) is 0.169. The first kappa shape index (κ1) is 42.9. The number of carbonyl (C=O) groups is 5. The molecule has 2 unspecified atom stereocenters. The summed E-state index contributed by atoms with van der Waals surface area (Å²) >= 11 is 0. The third kappa shape index (κ3) is 14.9. The lowest BCUT2D eigenvalue weighted by Gasteiger charge is -2.24. The van der Waals surface area contributed by atoms with E-state index < -0.39 is 18.1 Å². The number of rotatable bonds is 21. The van der Waals surface area contributed by atoms with Gasteiger partial charge < -0.3 is 29.9 Å². The fourth-order valence-corrected chi connectivity index (χ4v) is 5.51. The second-order valence-electron chi connectivity index (χ2n) is 14.5. The third-order valence-corrected chi connectivity index (χ3v) is 8.72. The number of likely N-dealkylation sites (N-methyl/N-ethyl adjacent to an activating group) is 2. The van der Waals surface area contributed by atoms with Gasteiger partial charge in [0.05, 0.1) is 19.7 Å². The van der Waals surface area contributed by atoms with Gasteiger partial charge in [-0.2, -0.15) is 0 Å². The number of Topliss-reactive ketones (excluding diaryl/α,β-unsaturated/α-hetero) is 2. The zero-order valence-electron chi connectivity index (χ0n) is 32.3. The molecule has 11 heteroatoms. The average molecular weight is 709 g/mol. The highest BCUT2D eigenvalue weighted by Crippen LogP contribution is 2.35. The fourth-order valence-electron chi connectivity index (χ4n) is 5.51. The SMILES string of the molecule is COc1cc(C(C)C)cc(C)c1OC(=O)N(C)CCN(C)C(=O)CCC(=O)C(CC(C)C)NC(=O)C(CC(=O)CNC(C)C)Cc1ccccc1. The predicted molar refractivity (Wildman–Crippen MR) is 200 cm³/mol. The number of nitrogens with one attached hydrogen (secondary N) is 2. The maximum absolute atomic E-state index is 13.6. The Balaban J connectivity index is 1.99. The molecule has 0 bridgehead atoms. The lowest BCUT2D eigenvalue weighted by molar-refractivity contribution is -0.134. The van der Waals surface area contributed by atoms with Crippen LogP contribution in [0.3, 0.4) is 0 Å². The Morgan fingerprint density at radius 3 is 2.10 bits per heavy atom. The zero-order valence-corrected chi connectivity index (χ0v) is 32.3. The number of hydrogen-bond donors (Lipinski definition) is 2. The van der Waals surface area contributed by atoms with Crippen LogP contribution < -0.4 is 20.1 Å². The van der Waals surface area contributed by atoms with Crippen LogP contribution in [-0.2, 0) is 25.6 Å². The second kappa shape index (κ2) is 21.2. The number of ether oxygens (including phenoxy) is 2. The molecule has 0 spiro atoms. The number of aryl methyl sites for hydroxylation is 1. The molecule has 3 amide bonds. The number of hydrogen-bond acceptors (Lipinski definition) is 8. The minimum Gasteiger partial charge on any atom is -0.493 e. The van der Waals surface area contributed by atoms with E-state index in [0.29, 0.717) is 24.3 Å². The predicted octanol–water partition coefficient (Wildman–Crippen LogP) is 5.71. The minimum atomic E-state index is -0.784. The van der Waals surface area contributed by atoms with Gasteiger partial charge in [0, 0.05) is 58.4 Å². The van der Waals surface area contributed by atoms with Gasteiger partial charge in [0.1, 0.15) is 5.78 Å². The maximum atomic E-state index is 13.6. The van der Waals surface area contributed by atoms with E-state index in [9.17, 15) is 24.0 Å². The number of ketones is 2. The topological polar surface area (TPSA) is 134 Å². The van der Waals surface area contributed by atoms with Gasteiger partial charge >= 0.3 is 6.09 Å². The summed E-state index contributed by atoms with van der Waals surface area (Å²) in [5.74, 6) is -0.345. The highest BCUT2D eigenvalue weighted by Gasteiger charge is 2.29. The molecule has 0 aliphatic carbocycles. The number of nitrogens with zero attached hydrogens (tertiary/aromatic N) is 2. The standard InChI is InChI=1S/C40H60N4O7/c1-26(2)20-34(42-39(48)32(22-30-14-12-11-13-15-30)23-33(45)25-41-28(5)6)35(46)16-17-37(47)43(8)18-19-44(9)40(49)51-38-29(7)21-31(27(3)4)24-36(38)50-10/h11-15,21,24,26-28,32,34,41H,16-20,22-23,25H2,1-10H3,(H,42,48). The van der Waals surface area contributed by atoms with E-state index in [-0.39, 0.29) is 80.2 Å². The van der Waals surface area contributed by atoms with Crippen molar-refractivity contribution in [3.63, 3.8) is 0 Å². The molecule has 0 aliphatic heterocycles. The molecule has 2 atom stereocenters. The van der Waals surface area contributed by atoms with E-state index in [1.54, 1.807) is 14.1 Å². The van der Waals surface area contributed by atoms with Crippen molar-refractivity contribution in [1.82, 2.24) is 20.4 Å². The van der Waals surface area contributed by atoms with Crippen molar-refractivity contribution < 1.29 is 33.4 Å². The molecule has 0 saturated heterocycles. The van der Waals surface area contributed by atoms with Crippen LogP contribution in [0.4, 0.5) is 4.79 Å². The van der Waals surface area contributed by atoms with Crippen molar-refractivity contribution in [1.29, 1.82) is 0 Å². The van der Waals surface area contributed by atoms with Crippen molar-refractivity contribution in [2.45, 2.75) is 98.6 Å². The van der Waals surface area contributed by atoms with Gasteiger partial charge in [0.25, 0.3) is 0 Å². The van der Waals surface area contributed by atoms with Crippen molar-refractivity contribution >= 4 is 29.5 Å². The molecule has 0 heterocycles. The Morgan fingerprint density at radius 2 is 1.51 bits per heavy atom. The van der Waals surface area contributed by atoms with Crippen LogP contribution in [0, 0.1) is 18.8 Å². The molecule has 2 aromatic rings. The van der Waals surface area contributed by atoms with E-state index in [1.807, 2.05) is 77.1 Å². The summed E-state index contributed by atoms with van der Waals surface area (Å²) in [5.41, 5.74) is 2.78. The number of amides is 3. The Morgan fingerprint density at radius 1 is 0.863 bits per heavy atom.